The molecule has 0 radical (unpaired) electrons. The number of halogens is 1. The van der Waals surface area contributed by atoms with Crippen molar-refractivity contribution in [1.29, 1.82) is 0 Å². The Labute approximate surface area is 118 Å². The summed E-state index contributed by atoms with van der Waals surface area (Å²) in [5, 5.41) is 13.1. The van der Waals surface area contributed by atoms with Gasteiger partial charge in [-0.05, 0) is 37.9 Å². The van der Waals surface area contributed by atoms with Gasteiger partial charge in [0.2, 0.25) is 0 Å². The van der Waals surface area contributed by atoms with Gasteiger partial charge in [-0.25, -0.2) is 4.39 Å². The highest BCUT2D eigenvalue weighted by Crippen LogP contribution is 2.22. The molecule has 1 aliphatic heterocycles. The topological polar surface area (TPSA) is 52.6 Å². The molecule has 1 aromatic rings. The van der Waals surface area contributed by atoms with E-state index in [1.165, 1.54) is 12.1 Å². The van der Waals surface area contributed by atoms with E-state index in [0.29, 0.717) is 6.54 Å². The van der Waals surface area contributed by atoms with Gasteiger partial charge in [0.25, 0.3) is 5.91 Å². The average molecular weight is 280 g/mol. The van der Waals surface area contributed by atoms with Crippen LogP contribution >= 0.6 is 0 Å². The van der Waals surface area contributed by atoms with Crippen molar-refractivity contribution in [2.45, 2.75) is 32.2 Å². The lowest BCUT2D eigenvalue weighted by atomic mass is 10.0. The molecule has 2 rings (SSSR count). The van der Waals surface area contributed by atoms with Gasteiger partial charge in [0.05, 0.1) is 5.56 Å². The number of hydrogen-bond acceptors (Lipinski definition) is 3. The Morgan fingerprint density at radius 3 is 2.95 bits per heavy atom. The lowest BCUT2D eigenvalue weighted by Gasteiger charge is -2.34. The zero-order valence-electron chi connectivity index (χ0n) is 11.7. The smallest absolute Gasteiger partial charge is 0.257 e. The van der Waals surface area contributed by atoms with Crippen molar-refractivity contribution < 1.29 is 14.3 Å². The maximum absolute atomic E-state index is 13.0. The molecule has 0 aliphatic carbocycles. The highest BCUT2D eigenvalue weighted by Gasteiger charge is 2.27. The number of rotatable bonds is 4. The fraction of sp³-hybridized carbons (Fsp3) is 0.533. The van der Waals surface area contributed by atoms with Crippen molar-refractivity contribution in [3.63, 3.8) is 0 Å². The molecule has 110 valence electrons. The van der Waals surface area contributed by atoms with Crippen LogP contribution < -0.4 is 5.32 Å². The van der Waals surface area contributed by atoms with E-state index >= 15 is 0 Å². The lowest BCUT2D eigenvalue weighted by molar-refractivity contribution is 0.0646. The minimum Gasteiger partial charge on any atom is -0.507 e. The monoisotopic (exact) mass is 280 g/mol. The van der Waals surface area contributed by atoms with E-state index in [4.69, 9.17) is 0 Å². The summed E-state index contributed by atoms with van der Waals surface area (Å²) in [6, 6.07) is 3.68. The Hall–Kier alpha value is -1.62. The first-order valence-electron chi connectivity index (χ1n) is 7.13. The second-order valence-corrected chi connectivity index (χ2v) is 5.16. The van der Waals surface area contributed by atoms with Crippen LogP contribution in [-0.2, 0) is 0 Å². The van der Waals surface area contributed by atoms with E-state index in [1.54, 1.807) is 4.90 Å². The van der Waals surface area contributed by atoms with Gasteiger partial charge in [0, 0.05) is 25.2 Å². The molecule has 1 aliphatic rings. The van der Waals surface area contributed by atoms with Gasteiger partial charge in [0.1, 0.15) is 11.6 Å². The van der Waals surface area contributed by atoms with Crippen molar-refractivity contribution in [2.24, 2.45) is 0 Å². The van der Waals surface area contributed by atoms with Crippen molar-refractivity contribution in [1.82, 2.24) is 10.2 Å². The fourth-order valence-electron chi connectivity index (χ4n) is 2.63. The van der Waals surface area contributed by atoms with Crippen LogP contribution in [0, 0.1) is 5.82 Å². The minimum absolute atomic E-state index is 0.139. The van der Waals surface area contributed by atoms with Crippen LogP contribution in [0.4, 0.5) is 4.39 Å². The number of nitrogens with zero attached hydrogens (tertiary/aromatic N) is 1. The summed E-state index contributed by atoms with van der Waals surface area (Å²) in [6.45, 7) is 4.41. The molecule has 1 heterocycles. The summed E-state index contributed by atoms with van der Waals surface area (Å²) < 4.78 is 13.0. The molecule has 0 aromatic heterocycles. The molecule has 1 amide bonds. The van der Waals surface area contributed by atoms with Crippen LogP contribution in [0.5, 0.6) is 5.75 Å². The van der Waals surface area contributed by atoms with Gasteiger partial charge in [-0.15, -0.1) is 0 Å². The maximum atomic E-state index is 13.0. The number of carbonyl (C=O) groups excluding carboxylic acids is 1. The SMILES string of the molecule is CCCN(C(=O)c1ccc(F)cc1O)C1CCCNC1. The molecule has 0 saturated carbocycles. The molecule has 0 bridgehead atoms. The Bertz CT molecular complexity index is 473. The van der Waals surface area contributed by atoms with Crippen LogP contribution in [0.3, 0.4) is 0 Å². The van der Waals surface area contributed by atoms with E-state index in [2.05, 4.69) is 5.32 Å². The van der Waals surface area contributed by atoms with Crippen LogP contribution in [0.25, 0.3) is 0 Å². The van der Waals surface area contributed by atoms with E-state index in [0.717, 1.165) is 38.4 Å². The van der Waals surface area contributed by atoms with Gasteiger partial charge in [-0.2, -0.15) is 0 Å². The lowest BCUT2D eigenvalue weighted by Crippen LogP contribution is -2.49. The summed E-state index contributed by atoms with van der Waals surface area (Å²) in [7, 11) is 0. The molecule has 2 N–H and O–H groups in total. The molecule has 20 heavy (non-hydrogen) atoms. The first-order chi connectivity index (χ1) is 9.63. The second-order valence-electron chi connectivity index (χ2n) is 5.16. The summed E-state index contributed by atoms with van der Waals surface area (Å²) in [4.78, 5) is 14.4. The van der Waals surface area contributed by atoms with Crippen molar-refractivity contribution >= 4 is 5.91 Å². The quantitative estimate of drug-likeness (QED) is 0.888. The number of phenolic OH excluding ortho intramolecular Hbond substituents is 1. The third kappa shape index (κ3) is 3.28. The molecule has 1 fully saturated rings. The van der Waals surface area contributed by atoms with Crippen molar-refractivity contribution in [3.05, 3.63) is 29.6 Å². The van der Waals surface area contributed by atoms with Gasteiger partial charge in [-0.1, -0.05) is 6.92 Å². The molecule has 1 aromatic carbocycles. The number of amides is 1. The number of phenols is 1. The molecule has 0 spiro atoms. The third-order valence-electron chi connectivity index (χ3n) is 3.63. The number of carbonyl (C=O) groups is 1. The number of hydrogen-bond donors (Lipinski definition) is 2. The largest absolute Gasteiger partial charge is 0.507 e. The normalized spacial score (nSPS) is 18.8. The zero-order valence-corrected chi connectivity index (χ0v) is 11.7. The molecule has 4 nitrogen and oxygen atoms in total. The number of piperidine rings is 1. The number of nitrogens with one attached hydrogen (secondary N) is 1. The van der Waals surface area contributed by atoms with Crippen LogP contribution in [-0.4, -0.2) is 41.6 Å². The first-order valence-corrected chi connectivity index (χ1v) is 7.13. The molecular weight excluding hydrogens is 259 g/mol. The van der Waals surface area contributed by atoms with Crippen LogP contribution in [0.15, 0.2) is 18.2 Å². The minimum atomic E-state index is -0.541. The van der Waals surface area contributed by atoms with Gasteiger partial charge in [-0.3, -0.25) is 4.79 Å². The Balaban J connectivity index is 2.21. The van der Waals surface area contributed by atoms with E-state index < -0.39 is 5.82 Å². The van der Waals surface area contributed by atoms with Crippen molar-refractivity contribution in [3.8, 4) is 5.75 Å². The maximum Gasteiger partial charge on any atom is 0.257 e. The van der Waals surface area contributed by atoms with E-state index in [1.807, 2.05) is 6.92 Å². The standard InChI is InChI=1S/C15H21FN2O2/c1-2-8-18(12-4-3-7-17-10-12)15(20)13-6-5-11(16)9-14(13)19/h5-6,9,12,17,19H,2-4,7-8,10H2,1H3. The predicted octanol–water partition coefficient (Wildman–Crippen LogP) is 2.14. The Morgan fingerprint density at radius 1 is 1.55 bits per heavy atom. The molecular formula is C15H21FN2O2. The van der Waals surface area contributed by atoms with Crippen LogP contribution in [0.2, 0.25) is 0 Å². The molecule has 1 unspecified atom stereocenters. The van der Waals surface area contributed by atoms with Gasteiger partial charge < -0.3 is 15.3 Å². The molecule has 1 saturated heterocycles. The predicted molar refractivity (Wildman–Crippen MR) is 75.3 cm³/mol. The number of benzene rings is 1. The fourth-order valence-corrected chi connectivity index (χ4v) is 2.63. The zero-order chi connectivity index (χ0) is 14.5. The van der Waals surface area contributed by atoms with Gasteiger partial charge in [0.15, 0.2) is 0 Å². The summed E-state index contributed by atoms with van der Waals surface area (Å²) in [6.07, 6.45) is 2.85. The summed E-state index contributed by atoms with van der Waals surface area (Å²) >= 11 is 0. The first kappa shape index (κ1) is 14.8. The molecule has 5 heteroatoms. The van der Waals surface area contributed by atoms with E-state index in [9.17, 15) is 14.3 Å². The third-order valence-corrected chi connectivity index (χ3v) is 3.63. The highest BCUT2D eigenvalue weighted by molar-refractivity contribution is 5.97. The van der Waals surface area contributed by atoms with Gasteiger partial charge >= 0.3 is 0 Å². The summed E-state index contributed by atoms with van der Waals surface area (Å²) in [5.41, 5.74) is 0.172. The van der Waals surface area contributed by atoms with Crippen LogP contribution in [0.1, 0.15) is 36.5 Å². The summed E-state index contributed by atoms with van der Waals surface area (Å²) in [5.74, 6) is -1.06. The Morgan fingerprint density at radius 2 is 2.35 bits per heavy atom. The molecule has 1 atom stereocenters. The van der Waals surface area contributed by atoms with E-state index in [-0.39, 0.29) is 23.3 Å². The second kappa shape index (κ2) is 6.70. The average Bonchev–Trinajstić information content (AvgIpc) is 2.45. The number of aromatic hydroxyl groups is 1. The Kier molecular flexibility index (Phi) is 4.95. The highest BCUT2D eigenvalue weighted by atomic mass is 19.1. The van der Waals surface area contributed by atoms with Crippen molar-refractivity contribution in [2.75, 3.05) is 19.6 Å².